The van der Waals surface area contributed by atoms with Crippen molar-refractivity contribution in [2.24, 2.45) is 13.0 Å². The first-order chi connectivity index (χ1) is 9.58. The molecular formula is C14H21ClN4O. The molecule has 110 valence electrons. The standard InChI is InChI=1S/C14H21ClN4O/c1-9(15)13-16-12-10(2)17-18(3)14(12)19(13)8-11-4-6-20-7-5-11/h9,11H,4-8H2,1-3H3. The third-order valence-electron chi connectivity index (χ3n) is 4.06. The third-order valence-corrected chi connectivity index (χ3v) is 4.25. The van der Waals surface area contributed by atoms with Crippen LogP contribution < -0.4 is 0 Å². The molecule has 0 amide bonds. The fourth-order valence-electron chi connectivity index (χ4n) is 3.02. The van der Waals surface area contributed by atoms with Gasteiger partial charge in [0, 0.05) is 26.8 Å². The van der Waals surface area contributed by atoms with Crippen LogP contribution in [0.3, 0.4) is 0 Å². The lowest BCUT2D eigenvalue weighted by atomic mass is 10.0. The van der Waals surface area contributed by atoms with Crippen LogP contribution in [0.2, 0.25) is 0 Å². The highest BCUT2D eigenvalue weighted by Crippen LogP contribution is 2.28. The molecule has 3 heterocycles. The lowest BCUT2D eigenvalue weighted by Gasteiger charge is -2.23. The summed E-state index contributed by atoms with van der Waals surface area (Å²) in [5.41, 5.74) is 3.02. The number of aryl methyl sites for hydroxylation is 2. The van der Waals surface area contributed by atoms with Crippen molar-refractivity contribution in [1.82, 2.24) is 19.3 Å². The predicted octanol–water partition coefficient (Wildman–Crippen LogP) is 2.80. The molecule has 0 aliphatic carbocycles. The van der Waals surface area contributed by atoms with Gasteiger partial charge in [-0.25, -0.2) is 4.98 Å². The number of imidazole rings is 1. The molecule has 2 aromatic heterocycles. The van der Waals surface area contributed by atoms with E-state index in [1.54, 1.807) is 0 Å². The van der Waals surface area contributed by atoms with Crippen molar-refractivity contribution in [2.45, 2.75) is 38.6 Å². The molecule has 3 rings (SSSR count). The molecule has 0 aromatic carbocycles. The van der Waals surface area contributed by atoms with E-state index in [1.807, 2.05) is 25.6 Å². The predicted molar refractivity (Wildman–Crippen MR) is 79.0 cm³/mol. The van der Waals surface area contributed by atoms with Gasteiger partial charge in [0.1, 0.15) is 11.3 Å². The highest BCUT2D eigenvalue weighted by molar-refractivity contribution is 6.20. The number of hydrogen-bond acceptors (Lipinski definition) is 3. The van der Waals surface area contributed by atoms with Crippen LogP contribution >= 0.6 is 11.6 Å². The number of alkyl halides is 1. The Morgan fingerprint density at radius 1 is 1.40 bits per heavy atom. The average molecular weight is 297 g/mol. The van der Waals surface area contributed by atoms with E-state index in [0.29, 0.717) is 5.92 Å². The van der Waals surface area contributed by atoms with Gasteiger partial charge in [-0.15, -0.1) is 11.6 Å². The minimum Gasteiger partial charge on any atom is -0.381 e. The zero-order valence-corrected chi connectivity index (χ0v) is 13.0. The van der Waals surface area contributed by atoms with Gasteiger partial charge >= 0.3 is 0 Å². The number of ether oxygens (including phenoxy) is 1. The summed E-state index contributed by atoms with van der Waals surface area (Å²) in [7, 11) is 1.97. The number of halogens is 1. The van der Waals surface area contributed by atoms with Crippen LogP contribution in [0.5, 0.6) is 0 Å². The summed E-state index contributed by atoms with van der Waals surface area (Å²) in [4.78, 5) is 4.71. The summed E-state index contributed by atoms with van der Waals surface area (Å²) >= 11 is 6.32. The molecule has 0 saturated carbocycles. The van der Waals surface area contributed by atoms with Gasteiger partial charge in [0.05, 0.1) is 11.1 Å². The molecule has 0 spiro atoms. The Morgan fingerprint density at radius 2 is 2.10 bits per heavy atom. The summed E-state index contributed by atoms with van der Waals surface area (Å²) < 4.78 is 9.61. The third kappa shape index (κ3) is 2.33. The fraction of sp³-hybridized carbons (Fsp3) is 0.714. The Hall–Kier alpha value is -1.07. The normalized spacial score (nSPS) is 18.8. The largest absolute Gasteiger partial charge is 0.381 e. The lowest BCUT2D eigenvalue weighted by Crippen LogP contribution is -2.22. The quantitative estimate of drug-likeness (QED) is 0.818. The molecule has 1 fully saturated rings. The molecule has 5 nitrogen and oxygen atoms in total. The van der Waals surface area contributed by atoms with E-state index < -0.39 is 0 Å². The van der Waals surface area contributed by atoms with Crippen LogP contribution in [0, 0.1) is 12.8 Å². The summed E-state index contributed by atoms with van der Waals surface area (Å²) in [6, 6.07) is 0. The zero-order chi connectivity index (χ0) is 14.3. The van der Waals surface area contributed by atoms with Crippen molar-refractivity contribution in [1.29, 1.82) is 0 Å². The molecule has 20 heavy (non-hydrogen) atoms. The van der Waals surface area contributed by atoms with Crippen molar-refractivity contribution in [3.05, 3.63) is 11.5 Å². The van der Waals surface area contributed by atoms with E-state index in [0.717, 1.165) is 55.3 Å². The molecule has 2 aromatic rings. The van der Waals surface area contributed by atoms with Crippen LogP contribution in [0.25, 0.3) is 11.2 Å². The van der Waals surface area contributed by atoms with Crippen molar-refractivity contribution in [2.75, 3.05) is 13.2 Å². The minimum atomic E-state index is -0.0957. The van der Waals surface area contributed by atoms with Gasteiger partial charge in [-0.3, -0.25) is 4.68 Å². The summed E-state index contributed by atoms with van der Waals surface area (Å²) in [5.74, 6) is 1.58. The molecule has 1 unspecified atom stereocenters. The molecule has 0 bridgehead atoms. The first-order valence-electron chi connectivity index (χ1n) is 7.19. The van der Waals surface area contributed by atoms with E-state index in [2.05, 4.69) is 9.67 Å². The highest BCUT2D eigenvalue weighted by Gasteiger charge is 2.23. The number of hydrogen-bond donors (Lipinski definition) is 0. The van der Waals surface area contributed by atoms with Crippen LogP contribution in [-0.2, 0) is 18.3 Å². The van der Waals surface area contributed by atoms with Crippen LogP contribution in [0.4, 0.5) is 0 Å². The van der Waals surface area contributed by atoms with Crippen LogP contribution in [0.15, 0.2) is 0 Å². The second-order valence-electron chi connectivity index (χ2n) is 5.63. The van der Waals surface area contributed by atoms with Crippen molar-refractivity contribution < 1.29 is 4.74 Å². The van der Waals surface area contributed by atoms with Gasteiger partial charge in [0.15, 0.2) is 5.65 Å². The SMILES string of the molecule is Cc1nn(C)c2c1nc(C(C)Cl)n2CC1CCOCC1. The fourth-order valence-corrected chi connectivity index (χ4v) is 3.19. The maximum atomic E-state index is 6.32. The van der Waals surface area contributed by atoms with Crippen molar-refractivity contribution >= 4 is 22.8 Å². The smallest absolute Gasteiger partial charge is 0.158 e. The van der Waals surface area contributed by atoms with Crippen LogP contribution in [-0.4, -0.2) is 32.5 Å². The lowest BCUT2D eigenvalue weighted by molar-refractivity contribution is 0.0612. The molecule has 1 saturated heterocycles. The number of rotatable bonds is 3. The monoisotopic (exact) mass is 296 g/mol. The number of fused-ring (bicyclic) bond motifs is 1. The van der Waals surface area contributed by atoms with E-state index in [1.165, 1.54) is 0 Å². The number of nitrogens with zero attached hydrogens (tertiary/aromatic N) is 4. The Labute approximate surface area is 123 Å². The van der Waals surface area contributed by atoms with Gasteiger partial charge in [0.2, 0.25) is 0 Å². The topological polar surface area (TPSA) is 44.9 Å². The van der Waals surface area contributed by atoms with Crippen molar-refractivity contribution in [3.8, 4) is 0 Å². The maximum Gasteiger partial charge on any atom is 0.158 e. The average Bonchev–Trinajstić information content (AvgIpc) is 2.91. The Kier molecular flexibility index (Phi) is 3.73. The second-order valence-corrected chi connectivity index (χ2v) is 6.29. The van der Waals surface area contributed by atoms with E-state index in [9.17, 15) is 0 Å². The first kappa shape index (κ1) is 13.9. The highest BCUT2D eigenvalue weighted by atomic mass is 35.5. The summed E-state index contributed by atoms with van der Waals surface area (Å²) in [5, 5.41) is 4.37. The van der Waals surface area contributed by atoms with Crippen LogP contribution in [0.1, 0.15) is 36.7 Å². The van der Waals surface area contributed by atoms with Gasteiger partial charge in [-0.1, -0.05) is 0 Å². The Bertz CT molecular complexity index is 610. The van der Waals surface area contributed by atoms with Gasteiger partial charge in [-0.2, -0.15) is 5.10 Å². The molecule has 1 atom stereocenters. The second kappa shape index (κ2) is 5.37. The molecule has 1 aliphatic heterocycles. The minimum absolute atomic E-state index is 0.0957. The molecule has 0 radical (unpaired) electrons. The zero-order valence-electron chi connectivity index (χ0n) is 12.3. The number of aromatic nitrogens is 4. The van der Waals surface area contributed by atoms with E-state index >= 15 is 0 Å². The van der Waals surface area contributed by atoms with Gasteiger partial charge in [0.25, 0.3) is 0 Å². The summed E-state index contributed by atoms with van der Waals surface area (Å²) in [6.07, 6.45) is 2.21. The molecule has 0 N–H and O–H groups in total. The van der Waals surface area contributed by atoms with Gasteiger partial charge < -0.3 is 9.30 Å². The van der Waals surface area contributed by atoms with Crippen molar-refractivity contribution in [3.63, 3.8) is 0 Å². The van der Waals surface area contributed by atoms with E-state index in [-0.39, 0.29) is 5.38 Å². The first-order valence-corrected chi connectivity index (χ1v) is 7.63. The maximum absolute atomic E-state index is 6.32. The Balaban J connectivity index is 2.03. The summed E-state index contributed by atoms with van der Waals surface area (Å²) in [6.45, 7) is 6.64. The molecule has 1 aliphatic rings. The molecule has 6 heteroatoms. The molecular weight excluding hydrogens is 276 g/mol. The van der Waals surface area contributed by atoms with Gasteiger partial charge in [-0.05, 0) is 32.6 Å². The Morgan fingerprint density at radius 3 is 2.75 bits per heavy atom. The van der Waals surface area contributed by atoms with E-state index in [4.69, 9.17) is 21.3 Å².